The van der Waals surface area contributed by atoms with Crippen LogP contribution in [0.5, 0.6) is 0 Å². The van der Waals surface area contributed by atoms with Crippen molar-refractivity contribution in [3.8, 4) is 0 Å². The van der Waals surface area contributed by atoms with Gasteiger partial charge in [0.1, 0.15) is 11.8 Å². The fourth-order valence-corrected chi connectivity index (χ4v) is 2.83. The molecule has 1 fully saturated rings. The summed E-state index contributed by atoms with van der Waals surface area (Å²) < 4.78 is 5.50. The molecule has 0 spiro atoms. The molecule has 1 aliphatic rings. The van der Waals surface area contributed by atoms with Gasteiger partial charge in [0.2, 0.25) is 5.91 Å². The highest BCUT2D eigenvalue weighted by Crippen LogP contribution is 2.40. The van der Waals surface area contributed by atoms with E-state index >= 15 is 0 Å². The van der Waals surface area contributed by atoms with Crippen molar-refractivity contribution in [2.75, 3.05) is 6.54 Å². The molecule has 1 saturated carbocycles. The molecule has 0 radical (unpaired) electrons. The molecule has 21 heavy (non-hydrogen) atoms. The summed E-state index contributed by atoms with van der Waals surface area (Å²) in [6.45, 7) is 0.401. The smallest absolute Gasteiger partial charge is 0.228 e. The van der Waals surface area contributed by atoms with Gasteiger partial charge in [0.05, 0.1) is 11.7 Å². The van der Waals surface area contributed by atoms with Crippen LogP contribution in [0, 0.1) is 5.41 Å². The van der Waals surface area contributed by atoms with E-state index in [1.54, 1.807) is 6.26 Å². The van der Waals surface area contributed by atoms with Gasteiger partial charge in [-0.05, 0) is 30.5 Å². The van der Waals surface area contributed by atoms with Crippen molar-refractivity contribution in [3.63, 3.8) is 0 Å². The molecule has 1 aliphatic carbocycles. The first-order valence-electron chi connectivity index (χ1n) is 7.34. The van der Waals surface area contributed by atoms with Crippen LogP contribution in [-0.2, 0) is 4.79 Å². The Morgan fingerprint density at radius 2 is 2.00 bits per heavy atom. The highest BCUT2D eigenvalue weighted by molar-refractivity contribution is 5.84. The minimum absolute atomic E-state index is 0.0292. The van der Waals surface area contributed by atoms with Crippen LogP contribution in [0.1, 0.15) is 36.6 Å². The molecule has 0 aliphatic heterocycles. The molecule has 3 rings (SSSR count). The number of carbonyl (C=O) groups is 1. The number of benzene rings is 1. The number of amides is 1. The first-order valence-corrected chi connectivity index (χ1v) is 7.34. The average Bonchev–Trinajstić information content (AvgIpc) is 2.99. The fourth-order valence-electron chi connectivity index (χ4n) is 2.83. The summed E-state index contributed by atoms with van der Waals surface area (Å²) in [5.41, 5.74) is 6.44. The molecule has 4 heteroatoms. The Bertz CT molecular complexity index is 583. The predicted octanol–water partition coefficient (Wildman–Crippen LogP) is 2.61. The van der Waals surface area contributed by atoms with Crippen LogP contribution in [0.15, 0.2) is 53.1 Å². The van der Waals surface area contributed by atoms with Gasteiger partial charge < -0.3 is 15.5 Å². The van der Waals surface area contributed by atoms with Gasteiger partial charge in [-0.15, -0.1) is 0 Å². The maximum absolute atomic E-state index is 12.6. The second-order valence-corrected chi connectivity index (χ2v) is 5.67. The highest BCUT2D eigenvalue weighted by atomic mass is 16.3. The Morgan fingerprint density at radius 3 is 2.52 bits per heavy atom. The Balaban J connectivity index is 1.85. The summed E-state index contributed by atoms with van der Waals surface area (Å²) >= 11 is 0. The molecule has 1 heterocycles. The molecule has 3 N–H and O–H groups in total. The standard InChI is InChI=1S/C17H20N2O2/c18-12-17(9-5-10-17)16(20)19-15(14-8-4-11-21-14)13-6-2-1-3-7-13/h1-4,6-8,11,15H,5,9-10,12,18H2,(H,19,20). The minimum atomic E-state index is -0.389. The van der Waals surface area contributed by atoms with Crippen LogP contribution in [0.25, 0.3) is 0 Å². The second kappa shape index (κ2) is 5.74. The van der Waals surface area contributed by atoms with E-state index in [9.17, 15) is 4.79 Å². The lowest BCUT2D eigenvalue weighted by Gasteiger charge is -2.40. The zero-order valence-electron chi connectivity index (χ0n) is 11.9. The number of furan rings is 1. The molecular formula is C17H20N2O2. The van der Waals surface area contributed by atoms with Gasteiger partial charge in [0.25, 0.3) is 0 Å². The van der Waals surface area contributed by atoms with Crippen LogP contribution in [0.3, 0.4) is 0 Å². The Morgan fingerprint density at radius 1 is 1.24 bits per heavy atom. The summed E-state index contributed by atoms with van der Waals surface area (Å²) in [5, 5.41) is 3.12. The maximum Gasteiger partial charge on any atom is 0.228 e. The molecule has 1 atom stereocenters. The van der Waals surface area contributed by atoms with Crippen molar-refractivity contribution in [2.24, 2.45) is 11.1 Å². The first-order chi connectivity index (χ1) is 10.2. The number of hydrogen-bond acceptors (Lipinski definition) is 3. The zero-order valence-corrected chi connectivity index (χ0v) is 11.9. The van der Waals surface area contributed by atoms with Gasteiger partial charge in [-0.2, -0.15) is 0 Å². The monoisotopic (exact) mass is 284 g/mol. The summed E-state index contributed by atoms with van der Waals surface area (Å²) in [5.74, 6) is 0.766. The lowest BCUT2D eigenvalue weighted by Crippen LogP contribution is -2.51. The zero-order chi connectivity index (χ0) is 14.7. The second-order valence-electron chi connectivity index (χ2n) is 5.67. The van der Waals surface area contributed by atoms with Crippen molar-refractivity contribution >= 4 is 5.91 Å². The lowest BCUT2D eigenvalue weighted by atomic mass is 9.68. The summed E-state index contributed by atoms with van der Waals surface area (Å²) in [4.78, 5) is 12.6. The summed E-state index contributed by atoms with van der Waals surface area (Å²) in [6.07, 6.45) is 4.44. The Labute approximate surface area is 124 Å². The molecule has 0 bridgehead atoms. The molecule has 0 saturated heterocycles. The quantitative estimate of drug-likeness (QED) is 0.886. The number of hydrogen-bond donors (Lipinski definition) is 2. The van der Waals surface area contributed by atoms with Gasteiger partial charge in [-0.1, -0.05) is 36.8 Å². The fraction of sp³-hybridized carbons (Fsp3) is 0.353. The number of carbonyl (C=O) groups excluding carboxylic acids is 1. The SMILES string of the molecule is NCC1(C(=O)NC(c2ccccc2)c2ccco2)CCC1. The van der Waals surface area contributed by atoms with Gasteiger partial charge >= 0.3 is 0 Å². The Hall–Kier alpha value is -2.07. The molecule has 1 amide bonds. The molecule has 1 unspecified atom stereocenters. The van der Waals surface area contributed by atoms with E-state index in [1.165, 1.54) is 0 Å². The normalized spacial score (nSPS) is 17.8. The summed E-state index contributed by atoms with van der Waals surface area (Å²) in [6, 6.07) is 13.3. The largest absolute Gasteiger partial charge is 0.467 e. The van der Waals surface area contributed by atoms with E-state index in [0.717, 1.165) is 30.6 Å². The van der Waals surface area contributed by atoms with Crippen LogP contribution >= 0.6 is 0 Å². The number of rotatable bonds is 5. The van der Waals surface area contributed by atoms with Gasteiger partial charge in [0, 0.05) is 6.54 Å². The molecular weight excluding hydrogens is 264 g/mol. The first kappa shape index (κ1) is 13.9. The number of nitrogens with one attached hydrogen (secondary N) is 1. The van der Waals surface area contributed by atoms with E-state index < -0.39 is 0 Å². The summed E-state index contributed by atoms with van der Waals surface area (Å²) in [7, 11) is 0. The Kier molecular flexibility index (Phi) is 3.80. The highest BCUT2D eigenvalue weighted by Gasteiger charge is 2.43. The maximum atomic E-state index is 12.6. The van der Waals surface area contributed by atoms with Crippen LogP contribution in [-0.4, -0.2) is 12.5 Å². The molecule has 1 aromatic carbocycles. The number of nitrogens with two attached hydrogens (primary N) is 1. The third-order valence-corrected chi connectivity index (χ3v) is 4.42. The van der Waals surface area contributed by atoms with Gasteiger partial charge in [-0.3, -0.25) is 4.79 Å². The van der Waals surface area contributed by atoms with Crippen molar-refractivity contribution in [1.29, 1.82) is 0 Å². The van der Waals surface area contributed by atoms with E-state index in [1.807, 2.05) is 42.5 Å². The molecule has 2 aromatic rings. The van der Waals surface area contributed by atoms with E-state index in [-0.39, 0.29) is 17.4 Å². The van der Waals surface area contributed by atoms with E-state index in [2.05, 4.69) is 5.32 Å². The third kappa shape index (κ3) is 2.59. The van der Waals surface area contributed by atoms with Crippen LogP contribution < -0.4 is 11.1 Å². The predicted molar refractivity (Wildman–Crippen MR) is 80.5 cm³/mol. The van der Waals surface area contributed by atoms with Crippen molar-refractivity contribution < 1.29 is 9.21 Å². The average molecular weight is 284 g/mol. The molecule has 110 valence electrons. The van der Waals surface area contributed by atoms with E-state index in [0.29, 0.717) is 6.54 Å². The van der Waals surface area contributed by atoms with Crippen LogP contribution in [0.2, 0.25) is 0 Å². The van der Waals surface area contributed by atoms with E-state index in [4.69, 9.17) is 10.2 Å². The van der Waals surface area contributed by atoms with Crippen molar-refractivity contribution in [2.45, 2.75) is 25.3 Å². The van der Waals surface area contributed by atoms with Crippen molar-refractivity contribution in [3.05, 3.63) is 60.1 Å². The van der Waals surface area contributed by atoms with Gasteiger partial charge in [0.15, 0.2) is 0 Å². The van der Waals surface area contributed by atoms with Crippen LogP contribution in [0.4, 0.5) is 0 Å². The lowest BCUT2D eigenvalue weighted by molar-refractivity contribution is -0.135. The third-order valence-electron chi connectivity index (χ3n) is 4.42. The molecule has 4 nitrogen and oxygen atoms in total. The molecule has 1 aromatic heterocycles. The minimum Gasteiger partial charge on any atom is -0.467 e. The topological polar surface area (TPSA) is 68.3 Å². The van der Waals surface area contributed by atoms with Gasteiger partial charge in [-0.25, -0.2) is 0 Å². The van der Waals surface area contributed by atoms with Crippen molar-refractivity contribution in [1.82, 2.24) is 5.32 Å².